The van der Waals surface area contributed by atoms with Gasteiger partial charge in [-0.3, -0.25) is 0 Å². The van der Waals surface area contributed by atoms with Crippen molar-refractivity contribution in [1.29, 1.82) is 0 Å². The molecule has 0 bridgehead atoms. The van der Waals surface area contributed by atoms with Gasteiger partial charge in [0.2, 0.25) is 0 Å². The summed E-state index contributed by atoms with van der Waals surface area (Å²) in [7, 11) is 1.39. The summed E-state index contributed by atoms with van der Waals surface area (Å²) < 4.78 is 0. The second kappa shape index (κ2) is 5.19. The third-order valence-corrected chi connectivity index (χ3v) is 5.40. The fourth-order valence-corrected chi connectivity index (χ4v) is 4.07. The van der Waals surface area contributed by atoms with Crippen LogP contribution in [0.25, 0.3) is 5.57 Å². The van der Waals surface area contributed by atoms with E-state index in [4.69, 9.17) is 0 Å². The van der Waals surface area contributed by atoms with Gasteiger partial charge in [0.05, 0.1) is 0 Å². The Kier molecular flexibility index (Phi) is 3.52. The minimum Gasteiger partial charge on any atom is -0.0642 e. The van der Waals surface area contributed by atoms with Gasteiger partial charge in [0, 0.05) is 5.29 Å². The standard InChI is InChI=1S/C19H21P/c1-5-14-9-15(6-2)11-16(10-14)17-7-12(3)19-18(17)8-13(4)20-19/h7-11H,5-6H2,1-4H3. The number of fused-ring (bicyclic) bond motifs is 1. The molecule has 1 heterocycles. The van der Waals surface area contributed by atoms with Gasteiger partial charge in [-0.15, -0.1) is 0 Å². The Morgan fingerprint density at radius 2 is 1.50 bits per heavy atom. The number of hydrogen-bond acceptors (Lipinski definition) is 0. The summed E-state index contributed by atoms with van der Waals surface area (Å²) in [5, 5.41) is 2.97. The van der Waals surface area contributed by atoms with E-state index in [-0.39, 0.29) is 0 Å². The number of allylic oxidation sites excluding steroid dienone is 6. The van der Waals surface area contributed by atoms with Gasteiger partial charge >= 0.3 is 0 Å². The zero-order valence-corrected chi connectivity index (χ0v) is 13.6. The third-order valence-electron chi connectivity index (χ3n) is 4.10. The van der Waals surface area contributed by atoms with Crippen LogP contribution >= 0.6 is 8.20 Å². The van der Waals surface area contributed by atoms with Gasteiger partial charge in [0.15, 0.2) is 0 Å². The second-order valence-electron chi connectivity index (χ2n) is 5.65. The van der Waals surface area contributed by atoms with Crippen LogP contribution in [0.2, 0.25) is 0 Å². The van der Waals surface area contributed by atoms with E-state index >= 15 is 0 Å². The summed E-state index contributed by atoms with van der Waals surface area (Å²) in [6.07, 6.45) is 6.95. The monoisotopic (exact) mass is 280 g/mol. The van der Waals surface area contributed by atoms with Crippen molar-refractivity contribution in [2.24, 2.45) is 0 Å². The molecule has 102 valence electrons. The van der Waals surface area contributed by atoms with Gasteiger partial charge < -0.3 is 0 Å². The summed E-state index contributed by atoms with van der Waals surface area (Å²) in [5.41, 5.74) is 8.60. The lowest BCUT2D eigenvalue weighted by molar-refractivity contribution is 1.08. The van der Waals surface area contributed by atoms with Crippen molar-refractivity contribution in [1.82, 2.24) is 0 Å². The number of aryl methyl sites for hydroxylation is 2. The Balaban J connectivity index is 2.16. The predicted molar refractivity (Wildman–Crippen MR) is 91.6 cm³/mol. The van der Waals surface area contributed by atoms with E-state index in [1.165, 1.54) is 52.2 Å². The predicted octanol–water partition coefficient (Wildman–Crippen LogP) is 5.56. The van der Waals surface area contributed by atoms with E-state index in [1.807, 2.05) is 0 Å². The molecular weight excluding hydrogens is 259 g/mol. The van der Waals surface area contributed by atoms with E-state index in [2.05, 4.69) is 58.0 Å². The van der Waals surface area contributed by atoms with Crippen molar-refractivity contribution in [3.8, 4) is 0 Å². The highest BCUT2D eigenvalue weighted by Gasteiger charge is 2.23. The van der Waals surface area contributed by atoms with Crippen LogP contribution in [0.1, 0.15) is 44.4 Å². The van der Waals surface area contributed by atoms with Gasteiger partial charge in [-0.2, -0.15) is 0 Å². The Bertz CT molecular complexity index is 674. The molecule has 0 N–H and O–H groups in total. The van der Waals surface area contributed by atoms with E-state index in [0.717, 1.165) is 12.8 Å². The molecule has 0 radical (unpaired) electrons. The zero-order chi connectivity index (χ0) is 14.3. The fourth-order valence-electron chi connectivity index (χ4n) is 2.98. The summed E-state index contributed by atoms with van der Waals surface area (Å²) in [5.74, 6) is 0. The topological polar surface area (TPSA) is 0 Å². The molecule has 0 fully saturated rings. The number of benzene rings is 1. The highest BCUT2D eigenvalue weighted by molar-refractivity contribution is 7.47. The van der Waals surface area contributed by atoms with E-state index in [9.17, 15) is 0 Å². The third kappa shape index (κ3) is 2.23. The lowest BCUT2D eigenvalue weighted by Gasteiger charge is -2.09. The van der Waals surface area contributed by atoms with Crippen LogP contribution in [-0.2, 0) is 12.8 Å². The summed E-state index contributed by atoms with van der Waals surface area (Å²) in [6.45, 7) is 8.95. The van der Waals surface area contributed by atoms with Crippen molar-refractivity contribution >= 4 is 19.1 Å². The van der Waals surface area contributed by atoms with Crippen LogP contribution in [0, 0.1) is 0 Å². The zero-order valence-electron chi connectivity index (χ0n) is 12.7. The van der Waals surface area contributed by atoms with Crippen LogP contribution in [0.5, 0.6) is 0 Å². The number of hydrogen-bond donors (Lipinski definition) is 0. The number of rotatable bonds is 3. The van der Waals surface area contributed by atoms with Crippen molar-refractivity contribution < 1.29 is 0 Å². The van der Waals surface area contributed by atoms with Crippen molar-refractivity contribution in [3.05, 3.63) is 63.5 Å². The molecule has 20 heavy (non-hydrogen) atoms. The molecule has 0 amide bonds. The van der Waals surface area contributed by atoms with Crippen molar-refractivity contribution in [2.75, 3.05) is 0 Å². The molecule has 1 aromatic rings. The summed E-state index contributed by atoms with van der Waals surface area (Å²) in [4.78, 5) is 0. The smallest absolute Gasteiger partial charge is 0.0129 e. The molecule has 2 aliphatic rings. The lowest BCUT2D eigenvalue weighted by atomic mass is 9.96. The molecule has 0 aromatic heterocycles. The summed E-state index contributed by atoms with van der Waals surface area (Å²) >= 11 is 0. The SMILES string of the molecule is CCc1cc(CC)cc(C2=C3C=C(C)P=C3C(C)=C2)c1. The molecule has 1 aromatic carbocycles. The Hall–Kier alpha value is -1.39. The molecule has 0 unspecified atom stereocenters. The Morgan fingerprint density at radius 1 is 0.850 bits per heavy atom. The largest absolute Gasteiger partial charge is 0.0642 e. The fraction of sp³-hybridized carbons (Fsp3) is 0.316. The first-order valence-corrected chi connectivity index (χ1v) is 8.35. The van der Waals surface area contributed by atoms with Gasteiger partial charge in [0.1, 0.15) is 0 Å². The highest BCUT2D eigenvalue weighted by Crippen LogP contribution is 2.41. The van der Waals surface area contributed by atoms with Gasteiger partial charge in [-0.25, -0.2) is 0 Å². The molecule has 1 aliphatic heterocycles. The van der Waals surface area contributed by atoms with Crippen LogP contribution < -0.4 is 0 Å². The molecule has 0 saturated carbocycles. The van der Waals surface area contributed by atoms with Crippen LogP contribution in [0.3, 0.4) is 0 Å². The van der Waals surface area contributed by atoms with Gasteiger partial charge in [-0.05, 0) is 77.6 Å². The van der Waals surface area contributed by atoms with Crippen LogP contribution in [0.4, 0.5) is 0 Å². The molecular formula is C19H21P. The quantitative estimate of drug-likeness (QED) is 0.636. The maximum atomic E-state index is 2.37. The Morgan fingerprint density at radius 3 is 2.10 bits per heavy atom. The first-order chi connectivity index (χ1) is 9.62. The summed E-state index contributed by atoms with van der Waals surface area (Å²) in [6, 6.07) is 7.08. The minimum absolute atomic E-state index is 1.11. The normalized spacial score (nSPS) is 17.9. The average molecular weight is 280 g/mol. The molecule has 0 nitrogen and oxygen atoms in total. The van der Waals surface area contributed by atoms with E-state index in [1.54, 1.807) is 0 Å². The average Bonchev–Trinajstić information content (AvgIpc) is 2.97. The van der Waals surface area contributed by atoms with Gasteiger partial charge in [0.25, 0.3) is 0 Å². The van der Waals surface area contributed by atoms with Crippen LogP contribution in [0.15, 0.2) is 46.8 Å². The second-order valence-corrected chi connectivity index (χ2v) is 7.02. The first-order valence-electron chi connectivity index (χ1n) is 7.46. The minimum atomic E-state index is 1.11. The maximum Gasteiger partial charge on any atom is 0.0129 e. The Labute approximate surface area is 123 Å². The molecule has 1 heteroatoms. The maximum absolute atomic E-state index is 2.37. The molecule has 0 spiro atoms. The first kappa shape index (κ1) is 13.6. The lowest BCUT2D eigenvalue weighted by Crippen LogP contribution is -1.94. The molecule has 3 rings (SSSR count). The van der Waals surface area contributed by atoms with Crippen LogP contribution in [-0.4, -0.2) is 5.29 Å². The van der Waals surface area contributed by atoms with E-state index < -0.39 is 0 Å². The molecule has 1 aliphatic carbocycles. The molecule has 0 atom stereocenters. The van der Waals surface area contributed by atoms with Gasteiger partial charge in [-0.1, -0.05) is 40.3 Å². The molecule has 0 saturated heterocycles. The van der Waals surface area contributed by atoms with Crippen molar-refractivity contribution in [2.45, 2.75) is 40.5 Å². The van der Waals surface area contributed by atoms with Crippen molar-refractivity contribution in [3.63, 3.8) is 0 Å². The highest BCUT2D eigenvalue weighted by atomic mass is 31.1. The van der Waals surface area contributed by atoms with E-state index in [0.29, 0.717) is 0 Å².